The normalized spacial score (nSPS) is 13.2. The van der Waals surface area contributed by atoms with E-state index in [-0.39, 0.29) is 42.9 Å². The number of hydrogen-bond acceptors (Lipinski definition) is 7. The molecule has 1 atom stereocenters. The molecular weight excluding hydrogens is 624 g/mol. The number of carbonyl (C=O) groups excluding carboxylic acids is 1. The van der Waals surface area contributed by atoms with Crippen molar-refractivity contribution in [1.29, 1.82) is 0 Å². The molecule has 2 aromatic heterocycles. The molecule has 5 rings (SSSR count). The molecule has 43 heavy (non-hydrogen) atoms. The van der Waals surface area contributed by atoms with Crippen molar-refractivity contribution in [3.05, 3.63) is 116 Å². The van der Waals surface area contributed by atoms with Crippen LogP contribution < -0.4 is 14.8 Å². The molecule has 0 fully saturated rings. The highest BCUT2D eigenvalue weighted by Crippen LogP contribution is 2.36. The Kier molecular flexibility index (Phi) is 10.1. The lowest BCUT2D eigenvalue weighted by atomic mass is 9.92. The van der Waals surface area contributed by atoms with Gasteiger partial charge in [0.15, 0.2) is 11.5 Å². The van der Waals surface area contributed by atoms with Gasteiger partial charge in [-0.05, 0) is 53.9 Å². The third-order valence-electron chi connectivity index (χ3n) is 6.56. The van der Waals surface area contributed by atoms with Gasteiger partial charge in [-0.2, -0.15) is 8.78 Å². The molecule has 0 amide bonds. The highest BCUT2D eigenvalue weighted by atomic mass is 35.5. The molecule has 0 saturated carbocycles. The lowest BCUT2D eigenvalue weighted by Gasteiger charge is -2.21. The number of aromatic nitrogens is 1. The van der Waals surface area contributed by atoms with Crippen molar-refractivity contribution in [3.8, 4) is 11.5 Å². The molecule has 0 saturated heterocycles. The standard InChI is InChI=1S/C31H25Cl2F3N2O4S/c32-23-14-37-15-24(33)22(23)11-20(19-7-9-27(42-31(35)36)28(12-19)40-16-18-5-6-18)17-41-30(39)29-10-8-21(43-29)13-38-26-4-2-1-3-25(26)34/h1-10,12,14-15,18,20,31,38H,11,13,16-17H2. The van der Waals surface area contributed by atoms with E-state index in [0.29, 0.717) is 38.3 Å². The molecule has 6 nitrogen and oxygen atoms in total. The first-order chi connectivity index (χ1) is 20.8. The summed E-state index contributed by atoms with van der Waals surface area (Å²) in [6, 6.07) is 14.3. The van der Waals surface area contributed by atoms with Crippen molar-refractivity contribution < 1.29 is 32.2 Å². The number of ether oxygens (including phenoxy) is 3. The van der Waals surface area contributed by atoms with E-state index in [2.05, 4.69) is 15.0 Å². The van der Waals surface area contributed by atoms with E-state index in [1.807, 2.05) is 12.2 Å². The van der Waals surface area contributed by atoms with Gasteiger partial charge in [0.25, 0.3) is 0 Å². The highest BCUT2D eigenvalue weighted by molar-refractivity contribution is 7.13. The van der Waals surface area contributed by atoms with E-state index in [9.17, 15) is 18.0 Å². The van der Waals surface area contributed by atoms with Crippen LogP contribution in [-0.4, -0.2) is 30.8 Å². The number of carbonyl (C=O) groups is 1. The summed E-state index contributed by atoms with van der Waals surface area (Å²) in [4.78, 5) is 18.2. The molecule has 1 aliphatic rings. The smallest absolute Gasteiger partial charge is 0.387 e. The summed E-state index contributed by atoms with van der Waals surface area (Å²) in [6.45, 7) is -2.51. The molecule has 0 spiro atoms. The van der Waals surface area contributed by atoms with Gasteiger partial charge in [-0.1, -0.05) is 53.6 Å². The van der Waals surface area contributed by atoms with Crippen LogP contribution in [0.5, 0.6) is 11.5 Å². The summed E-state index contributed by atoms with van der Waals surface area (Å²) in [7, 11) is 0. The summed E-state index contributed by atoms with van der Waals surface area (Å²) >= 11 is 14.0. The van der Waals surface area contributed by atoms with Crippen LogP contribution in [0.25, 0.3) is 0 Å². The molecule has 1 N–H and O–H groups in total. The average molecular weight is 650 g/mol. The quantitative estimate of drug-likeness (QED) is 0.109. The van der Waals surface area contributed by atoms with Gasteiger partial charge in [0.1, 0.15) is 10.7 Å². The summed E-state index contributed by atoms with van der Waals surface area (Å²) in [5, 5.41) is 3.69. The van der Waals surface area contributed by atoms with Gasteiger partial charge in [0.2, 0.25) is 0 Å². The van der Waals surface area contributed by atoms with Crippen LogP contribution in [0.2, 0.25) is 10.0 Å². The van der Waals surface area contributed by atoms with Gasteiger partial charge < -0.3 is 19.5 Å². The fourth-order valence-electron chi connectivity index (χ4n) is 4.23. The number of alkyl halides is 2. The Hall–Kier alpha value is -3.73. The number of hydrogen-bond donors (Lipinski definition) is 1. The Balaban J connectivity index is 1.33. The Labute approximate surface area is 260 Å². The van der Waals surface area contributed by atoms with Crippen molar-refractivity contribution in [2.75, 3.05) is 18.5 Å². The molecule has 224 valence electrons. The zero-order valence-corrected chi connectivity index (χ0v) is 24.8. The van der Waals surface area contributed by atoms with E-state index in [1.165, 1.54) is 35.9 Å². The topological polar surface area (TPSA) is 69.7 Å². The minimum Gasteiger partial charge on any atom is -0.489 e. The summed E-state index contributed by atoms with van der Waals surface area (Å²) in [6.07, 6.45) is 7.04. The van der Waals surface area contributed by atoms with E-state index >= 15 is 0 Å². The fourth-order valence-corrected chi connectivity index (χ4v) is 5.59. The van der Waals surface area contributed by atoms with Crippen LogP contribution >= 0.6 is 34.5 Å². The Morgan fingerprint density at radius 2 is 1.79 bits per heavy atom. The predicted molar refractivity (Wildman–Crippen MR) is 160 cm³/mol. The van der Waals surface area contributed by atoms with Gasteiger partial charge in [0.05, 0.1) is 28.9 Å². The Bertz CT molecular complexity index is 1590. The molecule has 1 unspecified atom stereocenters. The summed E-state index contributed by atoms with van der Waals surface area (Å²) in [5.41, 5.74) is 1.59. The van der Waals surface area contributed by atoms with Crippen LogP contribution in [0.1, 0.15) is 31.6 Å². The van der Waals surface area contributed by atoms with Gasteiger partial charge >= 0.3 is 12.6 Å². The molecule has 1 aliphatic carbocycles. The first-order valence-corrected chi connectivity index (χ1v) is 14.8. The summed E-state index contributed by atoms with van der Waals surface area (Å²) < 4.78 is 56.2. The highest BCUT2D eigenvalue weighted by Gasteiger charge is 2.23. The maximum atomic E-state index is 13.9. The van der Waals surface area contributed by atoms with Crippen LogP contribution in [0.15, 0.2) is 79.1 Å². The van der Waals surface area contributed by atoms with Crippen molar-refractivity contribution in [2.24, 2.45) is 5.92 Å². The zero-order chi connectivity index (χ0) is 30.3. The third-order valence-corrected chi connectivity index (χ3v) is 8.28. The number of esters is 1. The number of pyridine rings is 1. The second-order valence-corrected chi connectivity index (χ2v) is 11.6. The maximum Gasteiger partial charge on any atom is 0.387 e. The second-order valence-electron chi connectivity index (χ2n) is 9.63. The van der Waals surface area contributed by atoms with E-state index in [0.717, 1.165) is 4.88 Å². The second kappa shape index (κ2) is 14.2. The fraction of sp³-hybridized carbons (Fsp3) is 0.226. The van der Waals surface area contributed by atoms with Crippen molar-refractivity contribution in [2.45, 2.75) is 25.5 Å². The number of benzene rings is 2. The number of nitrogens with zero attached hydrogens (tertiary/aromatic N) is 1. The molecule has 0 radical (unpaired) electrons. The van der Waals surface area contributed by atoms with Gasteiger partial charge in [-0.25, -0.2) is 9.18 Å². The monoisotopic (exact) mass is 648 g/mol. The molecule has 2 aromatic carbocycles. The maximum absolute atomic E-state index is 13.9. The van der Waals surface area contributed by atoms with E-state index < -0.39 is 18.5 Å². The SMILES string of the molecule is O=C(OCC(Cc1c(Cl)cncc1Cl)c1ccc(OC(F)F)c(OCC2C=C2)c1)c1ccc(CNc2ccccc2F)s1. The number of thiophene rings is 1. The van der Waals surface area contributed by atoms with Crippen LogP contribution in [0, 0.1) is 11.7 Å². The van der Waals surface area contributed by atoms with Crippen molar-refractivity contribution in [1.82, 2.24) is 4.98 Å². The minimum atomic E-state index is -3.03. The van der Waals surface area contributed by atoms with Gasteiger partial charge in [0, 0.05) is 35.7 Å². The Morgan fingerprint density at radius 1 is 1.02 bits per heavy atom. The molecule has 0 aliphatic heterocycles. The van der Waals surface area contributed by atoms with Crippen LogP contribution in [-0.2, 0) is 17.7 Å². The van der Waals surface area contributed by atoms with E-state index in [1.54, 1.807) is 42.5 Å². The minimum absolute atomic E-state index is 0.0762. The predicted octanol–water partition coefficient (Wildman–Crippen LogP) is 8.55. The molecule has 12 heteroatoms. The first-order valence-electron chi connectivity index (χ1n) is 13.2. The largest absolute Gasteiger partial charge is 0.489 e. The number of anilines is 1. The van der Waals surface area contributed by atoms with Crippen molar-refractivity contribution >= 4 is 46.2 Å². The molecule has 2 heterocycles. The average Bonchev–Trinajstić information content (AvgIpc) is 3.69. The first kappa shape index (κ1) is 30.7. The number of para-hydroxylation sites is 1. The lowest BCUT2D eigenvalue weighted by Crippen LogP contribution is -2.16. The number of halogens is 5. The number of rotatable bonds is 14. The lowest BCUT2D eigenvalue weighted by molar-refractivity contribution is -0.0515. The molecule has 0 bridgehead atoms. The van der Waals surface area contributed by atoms with Gasteiger partial charge in [-0.15, -0.1) is 11.3 Å². The number of nitrogens with one attached hydrogen (secondary N) is 1. The molecule has 4 aromatic rings. The summed E-state index contributed by atoms with van der Waals surface area (Å²) in [5.74, 6) is -1.23. The van der Waals surface area contributed by atoms with E-state index in [4.69, 9.17) is 32.7 Å². The van der Waals surface area contributed by atoms with Crippen molar-refractivity contribution in [3.63, 3.8) is 0 Å². The Morgan fingerprint density at radius 3 is 2.51 bits per heavy atom. The van der Waals surface area contributed by atoms with Crippen LogP contribution in [0.3, 0.4) is 0 Å². The molecular formula is C31H25Cl2F3N2O4S. The third kappa shape index (κ3) is 8.43. The zero-order valence-electron chi connectivity index (χ0n) is 22.4. The van der Waals surface area contributed by atoms with Crippen LogP contribution in [0.4, 0.5) is 18.9 Å². The van der Waals surface area contributed by atoms with Gasteiger partial charge in [-0.3, -0.25) is 4.98 Å².